The molecule has 0 fully saturated rings. The number of carbonyl (C=O) groups is 1. The number of esters is 1. The molecule has 0 bridgehead atoms. The van der Waals surface area contributed by atoms with E-state index in [1.165, 1.54) is 0 Å². The summed E-state index contributed by atoms with van der Waals surface area (Å²) >= 11 is 6.17. The van der Waals surface area contributed by atoms with Gasteiger partial charge < -0.3 is 14.4 Å². The van der Waals surface area contributed by atoms with Gasteiger partial charge in [-0.2, -0.15) is 0 Å². The summed E-state index contributed by atoms with van der Waals surface area (Å²) in [6.45, 7) is 4.56. The minimum atomic E-state index is -0.587. The molecule has 1 aromatic rings. The van der Waals surface area contributed by atoms with E-state index in [0.717, 1.165) is 5.56 Å². The van der Waals surface area contributed by atoms with E-state index in [0.29, 0.717) is 30.4 Å². The molecule has 0 amide bonds. The molecule has 1 unspecified atom stereocenters. The maximum absolute atomic E-state index is 12.0. The van der Waals surface area contributed by atoms with Gasteiger partial charge in [0.1, 0.15) is 5.75 Å². The second-order valence-corrected chi connectivity index (χ2v) is 5.31. The van der Waals surface area contributed by atoms with Crippen LogP contribution in [0.5, 0.6) is 5.75 Å². The maximum Gasteiger partial charge on any atom is 0.331 e. The fourth-order valence-electron chi connectivity index (χ4n) is 1.82. The molecule has 0 saturated carbocycles. The third-order valence-corrected chi connectivity index (χ3v) is 3.06. The van der Waals surface area contributed by atoms with Gasteiger partial charge in [0.05, 0.1) is 24.6 Å². The molecule has 5 nitrogen and oxygen atoms in total. The summed E-state index contributed by atoms with van der Waals surface area (Å²) in [7, 11) is 3.69. The van der Waals surface area contributed by atoms with Crippen molar-refractivity contribution < 1.29 is 14.3 Å². The number of carbonyl (C=O) groups excluding carboxylic acids is 1. The largest absolute Gasteiger partial charge is 0.492 e. The van der Waals surface area contributed by atoms with E-state index in [1.807, 2.05) is 27.1 Å². The zero-order valence-electron chi connectivity index (χ0n) is 13.5. The van der Waals surface area contributed by atoms with Gasteiger partial charge in [-0.15, -0.1) is 0 Å². The number of ether oxygens (including phenoxy) is 2. The molecule has 6 heteroatoms. The van der Waals surface area contributed by atoms with Gasteiger partial charge >= 0.3 is 5.97 Å². The van der Waals surface area contributed by atoms with Gasteiger partial charge in [0.2, 0.25) is 0 Å². The first-order chi connectivity index (χ1) is 10.5. The van der Waals surface area contributed by atoms with Crippen molar-refractivity contribution in [2.24, 2.45) is 4.99 Å². The lowest BCUT2D eigenvalue weighted by atomic mass is 10.1. The summed E-state index contributed by atoms with van der Waals surface area (Å²) in [4.78, 5) is 18.1. The Morgan fingerprint density at radius 2 is 2.09 bits per heavy atom. The lowest BCUT2D eigenvalue weighted by molar-refractivity contribution is -0.144. The summed E-state index contributed by atoms with van der Waals surface area (Å²) in [5, 5.41) is 0.526. The second kappa shape index (κ2) is 9.30. The third-order valence-electron chi connectivity index (χ3n) is 2.76. The minimum absolute atomic E-state index is 0.330. The molecule has 0 aliphatic rings. The molecular formula is C16H23ClN2O3. The molecule has 0 N–H and O–H groups in total. The zero-order chi connectivity index (χ0) is 16.5. The van der Waals surface area contributed by atoms with Crippen molar-refractivity contribution >= 4 is 23.9 Å². The molecule has 1 aromatic carbocycles. The smallest absolute Gasteiger partial charge is 0.331 e. The number of hydrogen-bond acceptors (Lipinski definition) is 4. The molecule has 0 radical (unpaired) electrons. The summed E-state index contributed by atoms with van der Waals surface area (Å²) < 4.78 is 10.5. The fraction of sp³-hybridized carbons (Fsp3) is 0.500. The predicted octanol–water partition coefficient (Wildman–Crippen LogP) is 2.80. The number of aliphatic imine (C=N–C) groups is 1. The number of hydrogen-bond donors (Lipinski definition) is 0. The summed E-state index contributed by atoms with van der Waals surface area (Å²) in [6, 6.07) is 4.90. The maximum atomic E-state index is 12.0. The molecule has 0 aliphatic heterocycles. The molecular weight excluding hydrogens is 304 g/mol. The Kier molecular flexibility index (Phi) is 7.74. The van der Waals surface area contributed by atoms with Crippen molar-refractivity contribution in [1.82, 2.24) is 4.90 Å². The number of halogens is 1. The molecule has 0 aliphatic carbocycles. The van der Waals surface area contributed by atoms with Crippen LogP contribution >= 0.6 is 11.6 Å². The number of rotatable bonds is 8. The quantitative estimate of drug-likeness (QED) is 0.419. The average Bonchev–Trinajstić information content (AvgIpc) is 2.46. The molecule has 0 aromatic heterocycles. The lowest BCUT2D eigenvalue weighted by Crippen LogP contribution is -2.25. The monoisotopic (exact) mass is 326 g/mol. The van der Waals surface area contributed by atoms with Gasteiger partial charge in [-0.05, 0) is 31.5 Å². The standard InChI is InChI=1S/C16H23ClN2O3/c1-5-21-15-8-7-12(9-13(15)17)10-14(16(20)22-6-2)18-11-19(3)4/h7-9,11,14H,5-6,10H2,1-4H3. The molecule has 1 atom stereocenters. The Hall–Kier alpha value is -1.75. The normalized spacial score (nSPS) is 12.2. The molecule has 0 saturated heterocycles. The minimum Gasteiger partial charge on any atom is -0.492 e. The van der Waals surface area contributed by atoms with Gasteiger partial charge in [0, 0.05) is 20.5 Å². The van der Waals surface area contributed by atoms with Crippen LogP contribution in [-0.2, 0) is 16.0 Å². The third kappa shape index (κ3) is 5.93. The topological polar surface area (TPSA) is 51.1 Å². The van der Waals surface area contributed by atoms with Crippen LogP contribution in [0.25, 0.3) is 0 Å². The molecule has 122 valence electrons. The van der Waals surface area contributed by atoms with Gasteiger partial charge in [0.15, 0.2) is 6.04 Å². The second-order valence-electron chi connectivity index (χ2n) is 4.90. The van der Waals surface area contributed by atoms with Crippen molar-refractivity contribution in [2.45, 2.75) is 26.3 Å². The SMILES string of the molecule is CCOC(=O)C(Cc1ccc(OCC)c(Cl)c1)N=CN(C)C. The first-order valence-electron chi connectivity index (χ1n) is 7.25. The van der Waals surface area contributed by atoms with Crippen LogP contribution in [0.3, 0.4) is 0 Å². The number of benzene rings is 1. The van der Waals surface area contributed by atoms with Gasteiger partial charge in [-0.1, -0.05) is 17.7 Å². The van der Waals surface area contributed by atoms with Gasteiger partial charge in [-0.3, -0.25) is 4.99 Å². The van der Waals surface area contributed by atoms with Crippen molar-refractivity contribution in [1.29, 1.82) is 0 Å². The van der Waals surface area contributed by atoms with E-state index in [2.05, 4.69) is 4.99 Å². The van der Waals surface area contributed by atoms with Crippen LogP contribution < -0.4 is 4.74 Å². The highest BCUT2D eigenvalue weighted by Gasteiger charge is 2.19. The van der Waals surface area contributed by atoms with Crippen LogP contribution in [0.15, 0.2) is 23.2 Å². The van der Waals surface area contributed by atoms with E-state index in [4.69, 9.17) is 21.1 Å². The highest BCUT2D eigenvalue weighted by atomic mass is 35.5. The van der Waals surface area contributed by atoms with Crippen LogP contribution in [0.4, 0.5) is 0 Å². The van der Waals surface area contributed by atoms with E-state index in [-0.39, 0.29) is 5.97 Å². The predicted molar refractivity (Wildman–Crippen MR) is 88.9 cm³/mol. The van der Waals surface area contributed by atoms with Crippen LogP contribution in [-0.4, -0.2) is 50.6 Å². The first-order valence-corrected chi connectivity index (χ1v) is 7.63. The van der Waals surface area contributed by atoms with Crippen molar-refractivity contribution in [3.05, 3.63) is 28.8 Å². The Morgan fingerprint density at radius 3 is 2.64 bits per heavy atom. The zero-order valence-corrected chi connectivity index (χ0v) is 14.3. The van der Waals surface area contributed by atoms with E-state index in [1.54, 1.807) is 30.3 Å². The van der Waals surface area contributed by atoms with E-state index >= 15 is 0 Å². The first kappa shape index (κ1) is 18.3. The molecule has 0 heterocycles. The van der Waals surface area contributed by atoms with E-state index < -0.39 is 6.04 Å². The highest BCUT2D eigenvalue weighted by Crippen LogP contribution is 2.26. The van der Waals surface area contributed by atoms with Gasteiger partial charge in [0.25, 0.3) is 0 Å². The van der Waals surface area contributed by atoms with Crippen LogP contribution in [0.2, 0.25) is 5.02 Å². The van der Waals surface area contributed by atoms with Crippen LogP contribution in [0, 0.1) is 0 Å². The summed E-state index contributed by atoms with van der Waals surface area (Å²) in [6.07, 6.45) is 2.03. The molecule has 22 heavy (non-hydrogen) atoms. The Labute approximate surface area is 136 Å². The van der Waals surface area contributed by atoms with Crippen molar-refractivity contribution in [3.63, 3.8) is 0 Å². The van der Waals surface area contributed by atoms with Gasteiger partial charge in [-0.25, -0.2) is 4.79 Å². The molecule has 0 spiro atoms. The van der Waals surface area contributed by atoms with E-state index in [9.17, 15) is 4.79 Å². The average molecular weight is 327 g/mol. The Bertz CT molecular complexity index is 518. The van der Waals surface area contributed by atoms with Crippen molar-refractivity contribution in [2.75, 3.05) is 27.3 Å². The van der Waals surface area contributed by atoms with Crippen LogP contribution in [0.1, 0.15) is 19.4 Å². The number of nitrogens with zero attached hydrogens (tertiary/aromatic N) is 2. The summed E-state index contributed by atoms with van der Waals surface area (Å²) in [5.74, 6) is 0.294. The fourth-order valence-corrected chi connectivity index (χ4v) is 2.07. The molecule has 1 rings (SSSR count). The highest BCUT2D eigenvalue weighted by molar-refractivity contribution is 6.32. The van der Waals surface area contributed by atoms with Crippen molar-refractivity contribution in [3.8, 4) is 5.75 Å². The summed E-state index contributed by atoms with van der Waals surface area (Å²) in [5.41, 5.74) is 0.905. The Morgan fingerprint density at radius 1 is 1.36 bits per heavy atom. The Balaban J connectivity index is 2.88. The lowest BCUT2D eigenvalue weighted by Gasteiger charge is -2.14.